The summed E-state index contributed by atoms with van der Waals surface area (Å²) in [5.74, 6) is 0.958. The lowest BCUT2D eigenvalue weighted by molar-refractivity contribution is -0.00471. The number of amides is 2. The fraction of sp³-hybridized carbons (Fsp3) is 0.333. The zero-order valence-electron chi connectivity index (χ0n) is 15.0. The van der Waals surface area contributed by atoms with Gasteiger partial charge in [0.1, 0.15) is 16.9 Å². The molecule has 1 fully saturated rings. The topological polar surface area (TPSA) is 81.6 Å². The van der Waals surface area contributed by atoms with Crippen LogP contribution in [0, 0.1) is 0 Å². The zero-order chi connectivity index (χ0) is 18.4. The Kier molecular flexibility index (Phi) is 3.60. The Balaban J connectivity index is 1.39. The van der Waals surface area contributed by atoms with E-state index in [2.05, 4.69) is 29.2 Å². The first-order valence-electron chi connectivity index (χ1n) is 9.32. The Hall–Kier alpha value is -3.02. The average Bonchev–Trinajstić information content (AvgIpc) is 3.16. The van der Waals surface area contributed by atoms with E-state index < -0.39 is 0 Å². The first kappa shape index (κ1) is 16.2. The van der Waals surface area contributed by atoms with Gasteiger partial charge in [0.2, 0.25) is 0 Å². The molecule has 0 saturated carbocycles. The molecule has 2 aliphatic heterocycles. The predicted octanol–water partition coefficient (Wildman–Crippen LogP) is 3.73. The van der Waals surface area contributed by atoms with Crippen LogP contribution >= 0.6 is 0 Å². The third-order valence-corrected chi connectivity index (χ3v) is 5.89. The third kappa shape index (κ3) is 2.81. The van der Waals surface area contributed by atoms with Crippen LogP contribution in [-0.2, 0) is 6.42 Å². The van der Waals surface area contributed by atoms with E-state index in [4.69, 9.17) is 14.9 Å². The van der Waals surface area contributed by atoms with Crippen molar-refractivity contribution in [3.05, 3.63) is 48.4 Å². The van der Waals surface area contributed by atoms with Crippen molar-refractivity contribution in [1.29, 1.82) is 0 Å². The first-order valence-corrected chi connectivity index (χ1v) is 9.32. The molecular formula is C21H21N3O3. The summed E-state index contributed by atoms with van der Waals surface area (Å²) in [6.45, 7) is 1.33. The Bertz CT molecular complexity index is 1020. The summed E-state index contributed by atoms with van der Waals surface area (Å²) >= 11 is 0. The summed E-state index contributed by atoms with van der Waals surface area (Å²) in [4.78, 5) is 17.3. The minimum absolute atomic E-state index is 0.167. The van der Waals surface area contributed by atoms with Crippen LogP contribution in [-0.4, -0.2) is 34.6 Å². The summed E-state index contributed by atoms with van der Waals surface area (Å²) in [5, 5.41) is 0. The second kappa shape index (κ2) is 6.01. The molecule has 27 heavy (non-hydrogen) atoms. The molecule has 5 rings (SSSR count). The van der Waals surface area contributed by atoms with Crippen LogP contribution in [0.15, 0.2) is 47.2 Å². The van der Waals surface area contributed by atoms with E-state index in [1.54, 1.807) is 4.90 Å². The molecule has 0 atom stereocenters. The third-order valence-electron chi connectivity index (χ3n) is 5.89. The van der Waals surface area contributed by atoms with Gasteiger partial charge in [-0.2, -0.15) is 0 Å². The van der Waals surface area contributed by atoms with E-state index in [1.165, 1.54) is 12.0 Å². The Labute approximate surface area is 156 Å². The molecule has 2 N–H and O–H groups in total. The fourth-order valence-electron chi connectivity index (χ4n) is 4.22. The second-order valence-corrected chi connectivity index (χ2v) is 7.47. The van der Waals surface area contributed by atoms with E-state index in [1.807, 2.05) is 12.1 Å². The van der Waals surface area contributed by atoms with Gasteiger partial charge < -0.3 is 19.8 Å². The smallest absolute Gasteiger partial charge is 0.314 e. The highest BCUT2D eigenvalue weighted by atomic mass is 16.5. The van der Waals surface area contributed by atoms with Crippen LogP contribution in [0.4, 0.5) is 4.79 Å². The van der Waals surface area contributed by atoms with Gasteiger partial charge in [0.15, 0.2) is 12.0 Å². The lowest BCUT2D eigenvalue weighted by Crippen LogP contribution is -2.52. The predicted molar refractivity (Wildman–Crippen MR) is 102 cm³/mol. The normalized spacial score (nSPS) is 18.3. The van der Waals surface area contributed by atoms with Gasteiger partial charge in [-0.25, -0.2) is 9.78 Å². The van der Waals surface area contributed by atoms with Crippen molar-refractivity contribution in [1.82, 2.24) is 9.88 Å². The SMILES string of the molecule is NC(=O)N1CCC2(CCc3cc(-c4ccc5ocnc5c4)ccc3O2)CC1. The Morgan fingerprint density at radius 2 is 1.85 bits per heavy atom. The molecule has 1 spiro atoms. The van der Waals surface area contributed by atoms with E-state index in [0.29, 0.717) is 13.1 Å². The fourth-order valence-corrected chi connectivity index (χ4v) is 4.22. The second-order valence-electron chi connectivity index (χ2n) is 7.47. The van der Waals surface area contributed by atoms with E-state index in [0.717, 1.165) is 53.7 Å². The van der Waals surface area contributed by atoms with Gasteiger partial charge in [-0.15, -0.1) is 0 Å². The number of oxazole rings is 1. The quantitative estimate of drug-likeness (QED) is 0.714. The van der Waals surface area contributed by atoms with Crippen molar-refractivity contribution in [2.75, 3.05) is 13.1 Å². The molecule has 2 amide bonds. The molecule has 3 heterocycles. The van der Waals surface area contributed by atoms with Crippen molar-refractivity contribution >= 4 is 17.1 Å². The number of primary amides is 1. The Morgan fingerprint density at radius 3 is 2.67 bits per heavy atom. The van der Waals surface area contributed by atoms with Gasteiger partial charge >= 0.3 is 6.03 Å². The van der Waals surface area contributed by atoms with Gasteiger partial charge in [0.25, 0.3) is 0 Å². The molecule has 2 aromatic carbocycles. The largest absolute Gasteiger partial charge is 0.487 e. The number of hydrogen-bond donors (Lipinski definition) is 1. The van der Waals surface area contributed by atoms with Crippen LogP contribution in [0.25, 0.3) is 22.2 Å². The summed E-state index contributed by atoms with van der Waals surface area (Å²) in [5.41, 5.74) is 10.4. The van der Waals surface area contributed by atoms with Crippen molar-refractivity contribution in [2.45, 2.75) is 31.3 Å². The number of aromatic nitrogens is 1. The highest BCUT2D eigenvalue weighted by Gasteiger charge is 2.40. The van der Waals surface area contributed by atoms with Crippen LogP contribution in [0.5, 0.6) is 5.75 Å². The maximum Gasteiger partial charge on any atom is 0.314 e. The van der Waals surface area contributed by atoms with Crippen LogP contribution in [0.2, 0.25) is 0 Å². The number of ether oxygens (including phenoxy) is 1. The molecule has 1 saturated heterocycles. The van der Waals surface area contributed by atoms with E-state index >= 15 is 0 Å². The molecule has 0 unspecified atom stereocenters. The first-order chi connectivity index (χ1) is 13.1. The lowest BCUT2D eigenvalue weighted by atomic mass is 9.82. The molecule has 6 heteroatoms. The van der Waals surface area contributed by atoms with Gasteiger partial charge in [0, 0.05) is 25.9 Å². The standard InChI is InChI=1S/C21H21N3O3/c22-20(25)24-9-7-21(8-10-24)6-5-16-11-14(1-3-18(16)27-21)15-2-4-19-17(12-15)23-13-26-19/h1-4,11-13H,5-10H2,(H2,22,25). The molecule has 138 valence electrons. The molecule has 1 aromatic heterocycles. The number of urea groups is 1. The van der Waals surface area contributed by atoms with Gasteiger partial charge in [0.05, 0.1) is 0 Å². The molecule has 0 radical (unpaired) electrons. The summed E-state index contributed by atoms with van der Waals surface area (Å²) in [6, 6.07) is 12.1. The number of hydrogen-bond acceptors (Lipinski definition) is 4. The highest BCUT2D eigenvalue weighted by Crippen LogP contribution is 2.40. The van der Waals surface area contributed by atoms with Crippen molar-refractivity contribution in [3.8, 4) is 16.9 Å². The van der Waals surface area contributed by atoms with Crippen LogP contribution in [0.3, 0.4) is 0 Å². The van der Waals surface area contributed by atoms with Crippen molar-refractivity contribution in [2.24, 2.45) is 5.73 Å². The van der Waals surface area contributed by atoms with Crippen molar-refractivity contribution in [3.63, 3.8) is 0 Å². The molecule has 0 aliphatic carbocycles. The van der Waals surface area contributed by atoms with Gasteiger partial charge in [-0.05, 0) is 53.8 Å². The lowest BCUT2D eigenvalue weighted by Gasteiger charge is -2.44. The number of benzene rings is 2. The van der Waals surface area contributed by atoms with E-state index in [9.17, 15) is 4.79 Å². The number of nitrogens with zero attached hydrogens (tertiary/aromatic N) is 2. The number of likely N-dealkylation sites (tertiary alicyclic amines) is 1. The summed E-state index contributed by atoms with van der Waals surface area (Å²) in [6.07, 6.45) is 5.09. The zero-order valence-corrected chi connectivity index (χ0v) is 15.0. The number of nitrogens with two attached hydrogens (primary N) is 1. The molecule has 2 aliphatic rings. The number of carbonyl (C=O) groups excluding carboxylic acids is 1. The number of aryl methyl sites for hydroxylation is 1. The molecular weight excluding hydrogens is 342 g/mol. The minimum Gasteiger partial charge on any atom is -0.487 e. The molecule has 0 bridgehead atoms. The minimum atomic E-state index is -0.338. The monoisotopic (exact) mass is 363 g/mol. The summed E-state index contributed by atoms with van der Waals surface area (Å²) in [7, 11) is 0. The van der Waals surface area contributed by atoms with E-state index in [-0.39, 0.29) is 11.6 Å². The van der Waals surface area contributed by atoms with Gasteiger partial charge in [-0.3, -0.25) is 0 Å². The van der Waals surface area contributed by atoms with Crippen molar-refractivity contribution < 1.29 is 13.9 Å². The Morgan fingerprint density at radius 1 is 1.07 bits per heavy atom. The maximum absolute atomic E-state index is 11.4. The number of rotatable bonds is 1. The van der Waals surface area contributed by atoms with Crippen LogP contribution < -0.4 is 10.5 Å². The van der Waals surface area contributed by atoms with Gasteiger partial charge in [-0.1, -0.05) is 12.1 Å². The number of piperidine rings is 1. The number of carbonyl (C=O) groups is 1. The number of fused-ring (bicyclic) bond motifs is 2. The summed E-state index contributed by atoms with van der Waals surface area (Å²) < 4.78 is 11.8. The average molecular weight is 363 g/mol. The van der Waals surface area contributed by atoms with Crippen LogP contribution in [0.1, 0.15) is 24.8 Å². The molecule has 6 nitrogen and oxygen atoms in total. The highest BCUT2D eigenvalue weighted by molar-refractivity contribution is 5.80. The maximum atomic E-state index is 11.4. The molecule has 3 aromatic rings.